The van der Waals surface area contributed by atoms with E-state index in [9.17, 15) is 0 Å². The number of ether oxygens (including phenoxy) is 1. The lowest BCUT2D eigenvalue weighted by atomic mass is 10.0. The number of hydrogen-bond donors (Lipinski definition) is 1. The van der Waals surface area contributed by atoms with Crippen molar-refractivity contribution in [1.29, 1.82) is 0 Å². The molecule has 112 valence electrons. The summed E-state index contributed by atoms with van der Waals surface area (Å²) in [7, 11) is 3.88. The largest absolute Gasteiger partial charge is 0.496 e. The fraction of sp³-hybridized carbons (Fsp3) is 0.529. The molecule has 0 aliphatic heterocycles. The van der Waals surface area contributed by atoms with Gasteiger partial charge in [0, 0.05) is 19.1 Å². The summed E-state index contributed by atoms with van der Waals surface area (Å²) in [5.74, 6) is 0.972. The van der Waals surface area contributed by atoms with E-state index >= 15 is 0 Å². The summed E-state index contributed by atoms with van der Waals surface area (Å²) >= 11 is 0. The Balaban J connectivity index is 2.52. The Kier molecular flexibility index (Phi) is 7.34. The number of nitrogens with zero attached hydrogens (tertiary/aromatic N) is 1. The second-order valence-electron chi connectivity index (χ2n) is 5.31. The molecule has 0 aliphatic rings. The van der Waals surface area contributed by atoms with Crippen molar-refractivity contribution in [2.24, 2.45) is 0 Å². The third-order valence-corrected chi connectivity index (χ3v) is 3.56. The van der Waals surface area contributed by atoms with Crippen LogP contribution in [0.3, 0.4) is 0 Å². The Morgan fingerprint density at radius 2 is 2.10 bits per heavy atom. The van der Waals surface area contributed by atoms with Gasteiger partial charge in [-0.2, -0.15) is 0 Å². The van der Waals surface area contributed by atoms with Crippen LogP contribution in [-0.2, 0) is 6.42 Å². The highest BCUT2D eigenvalue weighted by Crippen LogP contribution is 2.20. The van der Waals surface area contributed by atoms with Crippen LogP contribution in [0, 0.1) is 0 Å². The SMILES string of the molecule is C=C(CNCC)CN(C)C(C)Cc1ccccc1OC. The molecule has 3 nitrogen and oxygen atoms in total. The Morgan fingerprint density at radius 3 is 2.75 bits per heavy atom. The van der Waals surface area contributed by atoms with Crippen molar-refractivity contribution in [2.45, 2.75) is 26.3 Å². The Morgan fingerprint density at radius 1 is 1.40 bits per heavy atom. The van der Waals surface area contributed by atoms with Gasteiger partial charge in [0.25, 0.3) is 0 Å². The standard InChI is InChI=1S/C17H28N2O/c1-6-18-12-14(2)13-19(4)15(3)11-16-9-7-8-10-17(16)20-5/h7-10,15,18H,2,6,11-13H2,1,3-5H3. The number of likely N-dealkylation sites (N-methyl/N-ethyl adjacent to an activating group) is 2. The average Bonchev–Trinajstić information content (AvgIpc) is 2.45. The van der Waals surface area contributed by atoms with E-state index in [1.165, 1.54) is 11.1 Å². The molecule has 0 saturated carbocycles. The molecular formula is C17H28N2O. The molecule has 0 fully saturated rings. The van der Waals surface area contributed by atoms with Crippen LogP contribution in [0.4, 0.5) is 0 Å². The fourth-order valence-corrected chi connectivity index (χ4v) is 2.21. The monoisotopic (exact) mass is 276 g/mol. The highest BCUT2D eigenvalue weighted by molar-refractivity contribution is 5.33. The molecule has 3 heteroatoms. The van der Waals surface area contributed by atoms with Gasteiger partial charge in [-0.05, 0) is 44.1 Å². The van der Waals surface area contributed by atoms with Crippen LogP contribution < -0.4 is 10.1 Å². The van der Waals surface area contributed by atoms with Crippen LogP contribution in [0.2, 0.25) is 0 Å². The summed E-state index contributed by atoms with van der Waals surface area (Å²) in [4.78, 5) is 2.34. The molecular weight excluding hydrogens is 248 g/mol. The minimum absolute atomic E-state index is 0.449. The van der Waals surface area contributed by atoms with Crippen LogP contribution in [0.1, 0.15) is 19.4 Å². The van der Waals surface area contributed by atoms with Crippen molar-refractivity contribution in [2.75, 3.05) is 33.8 Å². The molecule has 0 spiro atoms. The lowest BCUT2D eigenvalue weighted by Crippen LogP contribution is -2.34. The Labute approximate surface area is 123 Å². The number of benzene rings is 1. The van der Waals surface area contributed by atoms with E-state index in [4.69, 9.17) is 4.74 Å². The van der Waals surface area contributed by atoms with Gasteiger partial charge in [-0.15, -0.1) is 0 Å². The highest BCUT2D eigenvalue weighted by Gasteiger charge is 2.13. The lowest BCUT2D eigenvalue weighted by molar-refractivity contribution is 0.273. The molecule has 0 heterocycles. The maximum atomic E-state index is 5.41. The molecule has 0 amide bonds. The predicted molar refractivity (Wildman–Crippen MR) is 86.5 cm³/mol. The second-order valence-corrected chi connectivity index (χ2v) is 5.31. The van der Waals surface area contributed by atoms with Crippen molar-refractivity contribution >= 4 is 0 Å². The molecule has 0 bridgehead atoms. The van der Waals surface area contributed by atoms with Gasteiger partial charge >= 0.3 is 0 Å². The maximum Gasteiger partial charge on any atom is 0.122 e. The van der Waals surface area contributed by atoms with E-state index in [0.29, 0.717) is 6.04 Å². The molecule has 0 saturated heterocycles. The van der Waals surface area contributed by atoms with Crippen molar-refractivity contribution in [1.82, 2.24) is 10.2 Å². The van der Waals surface area contributed by atoms with Gasteiger partial charge < -0.3 is 10.1 Å². The molecule has 20 heavy (non-hydrogen) atoms. The smallest absolute Gasteiger partial charge is 0.122 e. The minimum Gasteiger partial charge on any atom is -0.496 e. The van der Waals surface area contributed by atoms with Gasteiger partial charge in [0.2, 0.25) is 0 Å². The summed E-state index contributed by atoms with van der Waals surface area (Å²) in [6, 6.07) is 8.68. The normalized spacial score (nSPS) is 12.4. The van der Waals surface area contributed by atoms with Crippen LogP contribution in [0.25, 0.3) is 0 Å². The first-order chi connectivity index (χ1) is 9.58. The molecule has 0 aliphatic carbocycles. The van der Waals surface area contributed by atoms with Gasteiger partial charge in [0.15, 0.2) is 0 Å². The fourth-order valence-electron chi connectivity index (χ4n) is 2.21. The number of hydrogen-bond acceptors (Lipinski definition) is 3. The van der Waals surface area contributed by atoms with E-state index in [0.717, 1.165) is 31.8 Å². The molecule has 1 atom stereocenters. The van der Waals surface area contributed by atoms with Gasteiger partial charge in [-0.1, -0.05) is 31.7 Å². The summed E-state index contributed by atoms with van der Waals surface area (Å²) in [5.41, 5.74) is 2.48. The number of para-hydroxylation sites is 1. The lowest BCUT2D eigenvalue weighted by Gasteiger charge is -2.26. The highest BCUT2D eigenvalue weighted by atomic mass is 16.5. The van der Waals surface area contributed by atoms with E-state index < -0.39 is 0 Å². The predicted octanol–water partition coefficient (Wildman–Crippen LogP) is 2.72. The van der Waals surface area contributed by atoms with Crippen LogP contribution >= 0.6 is 0 Å². The van der Waals surface area contributed by atoms with Crippen molar-refractivity contribution in [3.8, 4) is 5.75 Å². The van der Waals surface area contributed by atoms with Crippen LogP contribution in [0.5, 0.6) is 5.75 Å². The van der Waals surface area contributed by atoms with Crippen LogP contribution in [-0.4, -0.2) is 44.7 Å². The first-order valence-corrected chi connectivity index (χ1v) is 7.28. The van der Waals surface area contributed by atoms with Crippen molar-refractivity contribution in [3.05, 3.63) is 42.0 Å². The number of rotatable bonds is 9. The summed E-state index contributed by atoms with van der Waals surface area (Å²) in [6.07, 6.45) is 0.981. The molecule has 1 rings (SSSR count). The van der Waals surface area contributed by atoms with Gasteiger partial charge in [-0.25, -0.2) is 0 Å². The molecule has 0 radical (unpaired) electrons. The zero-order valence-corrected chi connectivity index (χ0v) is 13.3. The first kappa shape index (κ1) is 16.7. The Bertz CT molecular complexity index is 417. The van der Waals surface area contributed by atoms with Gasteiger partial charge in [0.05, 0.1) is 7.11 Å². The number of nitrogens with one attached hydrogen (secondary N) is 1. The van der Waals surface area contributed by atoms with Crippen molar-refractivity contribution < 1.29 is 4.74 Å². The van der Waals surface area contributed by atoms with Gasteiger partial charge in [-0.3, -0.25) is 4.90 Å². The first-order valence-electron chi connectivity index (χ1n) is 7.28. The molecule has 1 aromatic carbocycles. The topological polar surface area (TPSA) is 24.5 Å². The zero-order chi connectivity index (χ0) is 15.0. The Hall–Kier alpha value is -1.32. The molecule has 1 unspecified atom stereocenters. The molecule has 0 aromatic heterocycles. The van der Waals surface area contributed by atoms with Crippen molar-refractivity contribution in [3.63, 3.8) is 0 Å². The quantitative estimate of drug-likeness (QED) is 0.702. The number of methoxy groups -OCH3 is 1. The zero-order valence-electron chi connectivity index (χ0n) is 13.3. The second kappa shape index (κ2) is 8.77. The van der Waals surface area contributed by atoms with Crippen LogP contribution in [0.15, 0.2) is 36.4 Å². The summed E-state index contributed by atoms with van der Waals surface area (Å²) < 4.78 is 5.41. The van der Waals surface area contributed by atoms with E-state index in [1.54, 1.807) is 7.11 Å². The minimum atomic E-state index is 0.449. The van der Waals surface area contributed by atoms with E-state index in [1.807, 2.05) is 12.1 Å². The van der Waals surface area contributed by atoms with E-state index in [-0.39, 0.29) is 0 Å². The summed E-state index contributed by atoms with van der Waals surface area (Å²) in [5, 5.41) is 3.31. The molecule has 1 N–H and O–H groups in total. The summed E-state index contributed by atoms with van der Waals surface area (Å²) in [6.45, 7) is 11.3. The third kappa shape index (κ3) is 5.35. The van der Waals surface area contributed by atoms with Gasteiger partial charge in [0.1, 0.15) is 5.75 Å². The average molecular weight is 276 g/mol. The maximum absolute atomic E-state index is 5.41. The van der Waals surface area contributed by atoms with E-state index in [2.05, 4.69) is 49.8 Å². The third-order valence-electron chi connectivity index (χ3n) is 3.56. The molecule has 1 aromatic rings.